The normalized spacial score (nSPS) is 14.8. The molecule has 1 aromatic carbocycles. The lowest BCUT2D eigenvalue weighted by atomic mass is 10.1. The maximum Gasteiger partial charge on any atom is 0.212 e. The molecule has 0 saturated carbocycles. The molecule has 3 aromatic rings. The second kappa shape index (κ2) is 6.68. The molecular weight excluding hydrogens is 321 g/mol. The first-order valence-corrected chi connectivity index (χ1v) is 8.43. The first kappa shape index (κ1) is 15.8. The fourth-order valence-electron chi connectivity index (χ4n) is 2.97. The standard InChI is InChI=1S/C18H20FN5O/c1-13(20-12-15-11-18-24(22-15)8-3-9-25-18)14-4-5-17(16(19)10-14)23-7-2-6-21-23/h2,4-7,10-11,13,20H,3,8-9,12H2,1H3/t13-/m0/s1. The summed E-state index contributed by atoms with van der Waals surface area (Å²) in [4.78, 5) is 0. The van der Waals surface area contributed by atoms with Crippen LogP contribution in [-0.4, -0.2) is 26.2 Å². The Bertz CT molecular complexity index is 835. The number of fused-ring (bicyclic) bond motifs is 1. The van der Waals surface area contributed by atoms with Gasteiger partial charge in [0.2, 0.25) is 5.88 Å². The fraction of sp³-hybridized carbons (Fsp3) is 0.333. The molecule has 1 N–H and O–H groups in total. The van der Waals surface area contributed by atoms with E-state index in [2.05, 4.69) is 15.5 Å². The minimum atomic E-state index is -0.291. The average Bonchev–Trinajstić information content (AvgIpc) is 3.28. The summed E-state index contributed by atoms with van der Waals surface area (Å²) in [6, 6.07) is 8.95. The lowest BCUT2D eigenvalue weighted by Crippen LogP contribution is -2.19. The molecule has 1 aliphatic heterocycles. The Kier molecular flexibility index (Phi) is 4.23. The lowest BCUT2D eigenvalue weighted by Gasteiger charge is -2.14. The SMILES string of the molecule is C[C@H](NCc1cc2n(n1)CCCO2)c1ccc(-n2cccn2)c(F)c1. The van der Waals surface area contributed by atoms with Crippen LogP contribution in [0.25, 0.3) is 5.69 Å². The van der Waals surface area contributed by atoms with Crippen LogP contribution in [0.1, 0.15) is 30.6 Å². The van der Waals surface area contributed by atoms with E-state index in [4.69, 9.17) is 4.74 Å². The molecule has 4 rings (SSSR count). The number of ether oxygens (including phenoxy) is 1. The first-order valence-electron chi connectivity index (χ1n) is 8.43. The molecule has 0 fully saturated rings. The van der Waals surface area contributed by atoms with E-state index >= 15 is 0 Å². The topological polar surface area (TPSA) is 56.9 Å². The van der Waals surface area contributed by atoms with E-state index in [1.807, 2.05) is 23.7 Å². The van der Waals surface area contributed by atoms with Gasteiger partial charge in [-0.25, -0.2) is 13.8 Å². The maximum atomic E-state index is 14.4. The van der Waals surface area contributed by atoms with Gasteiger partial charge in [-0.1, -0.05) is 6.07 Å². The van der Waals surface area contributed by atoms with Crippen molar-refractivity contribution in [1.29, 1.82) is 0 Å². The highest BCUT2D eigenvalue weighted by Crippen LogP contribution is 2.21. The molecule has 0 radical (unpaired) electrons. The third kappa shape index (κ3) is 3.28. The van der Waals surface area contributed by atoms with Crippen LogP contribution in [0.15, 0.2) is 42.7 Å². The zero-order valence-corrected chi connectivity index (χ0v) is 14.0. The van der Waals surface area contributed by atoms with Gasteiger partial charge in [0.25, 0.3) is 0 Å². The van der Waals surface area contributed by atoms with Crippen LogP contribution in [-0.2, 0) is 13.1 Å². The number of hydrogen-bond donors (Lipinski definition) is 1. The van der Waals surface area contributed by atoms with Gasteiger partial charge in [0, 0.05) is 44.0 Å². The second-order valence-corrected chi connectivity index (χ2v) is 6.16. The van der Waals surface area contributed by atoms with Gasteiger partial charge in [-0.2, -0.15) is 10.2 Å². The Labute approximate surface area is 145 Å². The van der Waals surface area contributed by atoms with Gasteiger partial charge in [-0.05, 0) is 30.7 Å². The van der Waals surface area contributed by atoms with Gasteiger partial charge >= 0.3 is 0 Å². The van der Waals surface area contributed by atoms with Gasteiger partial charge in [0.15, 0.2) is 0 Å². The van der Waals surface area contributed by atoms with Crippen LogP contribution in [0.4, 0.5) is 4.39 Å². The zero-order valence-electron chi connectivity index (χ0n) is 14.0. The van der Waals surface area contributed by atoms with Crippen molar-refractivity contribution in [3.05, 3.63) is 59.8 Å². The summed E-state index contributed by atoms with van der Waals surface area (Å²) < 4.78 is 23.4. The largest absolute Gasteiger partial charge is 0.478 e. The minimum absolute atomic E-state index is 0.000757. The molecule has 0 unspecified atom stereocenters. The van der Waals surface area contributed by atoms with Gasteiger partial charge < -0.3 is 10.1 Å². The minimum Gasteiger partial charge on any atom is -0.478 e. The molecule has 130 valence electrons. The predicted molar refractivity (Wildman–Crippen MR) is 91.1 cm³/mol. The average molecular weight is 341 g/mol. The van der Waals surface area contributed by atoms with Crippen LogP contribution < -0.4 is 10.1 Å². The number of aromatic nitrogens is 4. The summed E-state index contributed by atoms with van der Waals surface area (Å²) >= 11 is 0. The van der Waals surface area contributed by atoms with Crippen molar-refractivity contribution in [3.63, 3.8) is 0 Å². The van der Waals surface area contributed by atoms with Crippen molar-refractivity contribution in [2.75, 3.05) is 6.61 Å². The Morgan fingerprint density at radius 1 is 1.36 bits per heavy atom. The summed E-state index contributed by atoms with van der Waals surface area (Å²) in [5, 5.41) is 12.0. The molecule has 0 amide bonds. The molecule has 0 spiro atoms. The number of halogens is 1. The Morgan fingerprint density at radius 2 is 2.28 bits per heavy atom. The number of aryl methyl sites for hydroxylation is 1. The zero-order chi connectivity index (χ0) is 17.2. The Hall–Kier alpha value is -2.67. The van der Waals surface area contributed by atoms with Crippen molar-refractivity contribution >= 4 is 0 Å². The number of nitrogens with zero attached hydrogens (tertiary/aromatic N) is 4. The van der Waals surface area contributed by atoms with Crippen LogP contribution in [0.2, 0.25) is 0 Å². The van der Waals surface area contributed by atoms with Crippen molar-refractivity contribution in [2.24, 2.45) is 0 Å². The smallest absolute Gasteiger partial charge is 0.212 e. The molecule has 2 aromatic heterocycles. The van der Waals surface area contributed by atoms with E-state index in [-0.39, 0.29) is 11.9 Å². The van der Waals surface area contributed by atoms with Gasteiger partial charge in [0.05, 0.1) is 12.3 Å². The molecule has 0 aliphatic carbocycles. The van der Waals surface area contributed by atoms with Crippen LogP contribution in [0.3, 0.4) is 0 Å². The van der Waals surface area contributed by atoms with E-state index in [1.165, 1.54) is 4.68 Å². The Balaban J connectivity index is 1.43. The fourth-order valence-corrected chi connectivity index (χ4v) is 2.97. The number of hydrogen-bond acceptors (Lipinski definition) is 4. The third-order valence-corrected chi connectivity index (χ3v) is 4.37. The molecule has 25 heavy (non-hydrogen) atoms. The summed E-state index contributed by atoms with van der Waals surface area (Å²) in [7, 11) is 0. The van der Waals surface area contributed by atoms with Crippen LogP contribution in [0.5, 0.6) is 5.88 Å². The molecule has 7 heteroatoms. The Morgan fingerprint density at radius 3 is 3.04 bits per heavy atom. The van der Waals surface area contributed by atoms with Crippen molar-refractivity contribution < 1.29 is 9.13 Å². The quantitative estimate of drug-likeness (QED) is 0.775. The summed E-state index contributed by atoms with van der Waals surface area (Å²) in [5.41, 5.74) is 2.26. The highest BCUT2D eigenvalue weighted by molar-refractivity contribution is 5.36. The molecule has 0 bridgehead atoms. The van der Waals surface area contributed by atoms with E-state index in [1.54, 1.807) is 30.6 Å². The highest BCUT2D eigenvalue weighted by Gasteiger charge is 2.15. The number of nitrogens with one attached hydrogen (secondary N) is 1. The summed E-state index contributed by atoms with van der Waals surface area (Å²) in [5.74, 6) is 0.533. The molecule has 6 nitrogen and oxygen atoms in total. The summed E-state index contributed by atoms with van der Waals surface area (Å²) in [6.45, 7) is 4.25. The van der Waals surface area contributed by atoms with Gasteiger partial charge in [-0.15, -0.1) is 0 Å². The first-order chi connectivity index (χ1) is 12.2. The highest BCUT2D eigenvalue weighted by atomic mass is 19.1. The predicted octanol–water partition coefficient (Wildman–Crippen LogP) is 2.84. The maximum absolute atomic E-state index is 14.4. The molecule has 3 heterocycles. The van der Waals surface area contributed by atoms with Crippen LogP contribution >= 0.6 is 0 Å². The van der Waals surface area contributed by atoms with E-state index in [0.717, 1.165) is 36.7 Å². The van der Waals surface area contributed by atoms with E-state index < -0.39 is 0 Å². The van der Waals surface area contributed by atoms with E-state index in [0.29, 0.717) is 12.2 Å². The van der Waals surface area contributed by atoms with Crippen LogP contribution in [0, 0.1) is 5.82 Å². The number of rotatable bonds is 5. The molecular formula is C18H20FN5O. The molecule has 0 saturated heterocycles. The second-order valence-electron chi connectivity index (χ2n) is 6.16. The molecule has 1 atom stereocenters. The van der Waals surface area contributed by atoms with Crippen molar-refractivity contribution in [1.82, 2.24) is 24.9 Å². The lowest BCUT2D eigenvalue weighted by molar-refractivity contribution is 0.230. The van der Waals surface area contributed by atoms with Crippen molar-refractivity contribution in [3.8, 4) is 11.6 Å². The van der Waals surface area contributed by atoms with E-state index in [9.17, 15) is 4.39 Å². The third-order valence-electron chi connectivity index (χ3n) is 4.37. The molecule has 1 aliphatic rings. The van der Waals surface area contributed by atoms with Gasteiger partial charge in [0.1, 0.15) is 11.5 Å². The van der Waals surface area contributed by atoms with Gasteiger partial charge in [-0.3, -0.25) is 0 Å². The summed E-state index contributed by atoms with van der Waals surface area (Å²) in [6.07, 6.45) is 4.34. The number of benzene rings is 1. The van der Waals surface area contributed by atoms with Crippen molar-refractivity contribution in [2.45, 2.75) is 32.5 Å². The monoisotopic (exact) mass is 341 g/mol.